The SMILES string of the molecule is Cc1cc(NC(=O)COC(=O)c2ccc3nc(Cl)ccc3c2)n(C2CCS(=O)(=O)C2)n1. The minimum absolute atomic E-state index is 0.0198. The fourth-order valence-electron chi connectivity index (χ4n) is 3.48. The largest absolute Gasteiger partial charge is 0.452 e. The van der Waals surface area contributed by atoms with Crippen LogP contribution in [-0.4, -0.2) is 53.2 Å². The summed E-state index contributed by atoms with van der Waals surface area (Å²) in [4.78, 5) is 28.8. The van der Waals surface area contributed by atoms with Gasteiger partial charge in [0.25, 0.3) is 5.91 Å². The zero-order valence-corrected chi connectivity index (χ0v) is 18.1. The Bertz CT molecular complexity index is 1290. The second-order valence-corrected chi connectivity index (χ2v) is 9.95. The third kappa shape index (κ3) is 4.86. The molecule has 3 heterocycles. The first-order chi connectivity index (χ1) is 14.7. The van der Waals surface area contributed by atoms with E-state index in [2.05, 4.69) is 15.4 Å². The lowest BCUT2D eigenvalue weighted by Gasteiger charge is -2.14. The zero-order valence-electron chi connectivity index (χ0n) is 16.5. The molecule has 1 fully saturated rings. The first kappa shape index (κ1) is 21.3. The van der Waals surface area contributed by atoms with Crippen molar-refractivity contribution in [2.45, 2.75) is 19.4 Å². The molecule has 1 unspecified atom stereocenters. The minimum Gasteiger partial charge on any atom is -0.452 e. The van der Waals surface area contributed by atoms with Crippen molar-refractivity contribution < 1.29 is 22.7 Å². The monoisotopic (exact) mass is 462 g/mol. The van der Waals surface area contributed by atoms with Crippen LogP contribution >= 0.6 is 11.6 Å². The molecule has 162 valence electrons. The fourth-order valence-corrected chi connectivity index (χ4v) is 5.32. The molecular weight excluding hydrogens is 444 g/mol. The number of aryl methyl sites for hydroxylation is 1. The van der Waals surface area contributed by atoms with Gasteiger partial charge in [0.15, 0.2) is 16.4 Å². The lowest BCUT2D eigenvalue weighted by atomic mass is 10.1. The van der Waals surface area contributed by atoms with Gasteiger partial charge in [0.1, 0.15) is 11.0 Å². The number of nitrogens with one attached hydrogen (secondary N) is 1. The summed E-state index contributed by atoms with van der Waals surface area (Å²) in [5.41, 5.74) is 1.56. The third-order valence-corrected chi connectivity index (χ3v) is 6.87. The summed E-state index contributed by atoms with van der Waals surface area (Å²) in [6.45, 7) is 1.25. The topological polar surface area (TPSA) is 120 Å². The summed E-state index contributed by atoms with van der Waals surface area (Å²) >= 11 is 5.86. The van der Waals surface area contributed by atoms with Crippen LogP contribution in [0.5, 0.6) is 0 Å². The number of amides is 1. The minimum atomic E-state index is -3.10. The molecule has 3 aromatic rings. The summed E-state index contributed by atoms with van der Waals surface area (Å²) in [6, 6.07) is 9.47. The molecular formula is C20H19ClN4O5S. The van der Waals surface area contributed by atoms with Gasteiger partial charge in [-0.15, -0.1) is 0 Å². The number of benzene rings is 1. The van der Waals surface area contributed by atoms with Gasteiger partial charge in [0.05, 0.1) is 34.3 Å². The Hall–Kier alpha value is -2.98. The van der Waals surface area contributed by atoms with Crippen molar-refractivity contribution in [3.63, 3.8) is 0 Å². The van der Waals surface area contributed by atoms with Crippen molar-refractivity contribution in [2.75, 3.05) is 23.4 Å². The predicted molar refractivity (Wildman–Crippen MR) is 115 cm³/mol. The molecule has 2 aromatic heterocycles. The molecule has 1 atom stereocenters. The molecule has 1 aliphatic heterocycles. The van der Waals surface area contributed by atoms with Gasteiger partial charge in [-0.2, -0.15) is 5.10 Å². The molecule has 1 saturated heterocycles. The Kier molecular flexibility index (Phi) is 5.67. The number of nitrogens with zero attached hydrogens (tertiary/aromatic N) is 3. The highest BCUT2D eigenvalue weighted by Crippen LogP contribution is 2.27. The second kappa shape index (κ2) is 8.27. The molecule has 0 aliphatic carbocycles. The maximum absolute atomic E-state index is 12.3. The van der Waals surface area contributed by atoms with Crippen LogP contribution in [0.1, 0.15) is 28.5 Å². The first-order valence-electron chi connectivity index (χ1n) is 9.50. The quantitative estimate of drug-likeness (QED) is 0.457. The molecule has 0 saturated carbocycles. The molecule has 0 radical (unpaired) electrons. The number of ether oxygens (including phenoxy) is 1. The van der Waals surface area contributed by atoms with Gasteiger partial charge in [0, 0.05) is 11.5 Å². The van der Waals surface area contributed by atoms with Gasteiger partial charge in [-0.3, -0.25) is 4.79 Å². The highest BCUT2D eigenvalue weighted by Gasteiger charge is 2.31. The van der Waals surface area contributed by atoms with Crippen molar-refractivity contribution in [3.05, 3.63) is 52.8 Å². The molecule has 4 rings (SSSR count). The van der Waals surface area contributed by atoms with E-state index in [1.807, 2.05) is 0 Å². The second-order valence-electron chi connectivity index (χ2n) is 7.34. The van der Waals surface area contributed by atoms with Crippen LogP contribution in [0.2, 0.25) is 5.15 Å². The standard InChI is InChI=1S/C20H19ClN4O5S/c1-12-8-18(25(24-12)15-6-7-31(28,29)11-15)23-19(26)10-30-20(27)14-2-4-16-13(9-14)3-5-17(21)22-16/h2-5,8-9,15H,6-7,10-11H2,1H3,(H,23,26). The smallest absolute Gasteiger partial charge is 0.338 e. The summed E-state index contributed by atoms with van der Waals surface area (Å²) < 4.78 is 30.2. The normalized spacial score (nSPS) is 17.5. The van der Waals surface area contributed by atoms with Crippen molar-refractivity contribution >= 4 is 50.0 Å². The molecule has 0 bridgehead atoms. The highest BCUT2D eigenvalue weighted by atomic mass is 35.5. The first-order valence-corrected chi connectivity index (χ1v) is 11.7. The predicted octanol–water partition coefficient (Wildman–Crippen LogP) is 2.55. The van der Waals surface area contributed by atoms with Crippen LogP contribution in [0.4, 0.5) is 5.82 Å². The number of anilines is 1. The van der Waals surface area contributed by atoms with Crippen LogP contribution in [0, 0.1) is 6.92 Å². The Morgan fingerprint density at radius 3 is 2.81 bits per heavy atom. The highest BCUT2D eigenvalue weighted by molar-refractivity contribution is 7.91. The number of carbonyl (C=O) groups excluding carboxylic acids is 2. The Labute approximate surface area is 183 Å². The van der Waals surface area contributed by atoms with Crippen LogP contribution < -0.4 is 5.32 Å². The van der Waals surface area contributed by atoms with Crippen molar-refractivity contribution in [1.29, 1.82) is 0 Å². The van der Waals surface area contributed by atoms with Crippen LogP contribution in [0.3, 0.4) is 0 Å². The van der Waals surface area contributed by atoms with E-state index in [0.29, 0.717) is 34.0 Å². The molecule has 1 aliphatic rings. The number of pyridine rings is 1. The van der Waals surface area contributed by atoms with Gasteiger partial charge in [-0.05, 0) is 43.7 Å². The van der Waals surface area contributed by atoms with Crippen LogP contribution in [0.15, 0.2) is 36.4 Å². The molecule has 1 aromatic carbocycles. The average molecular weight is 463 g/mol. The fraction of sp³-hybridized carbons (Fsp3) is 0.300. The zero-order chi connectivity index (χ0) is 22.2. The van der Waals surface area contributed by atoms with Crippen LogP contribution in [0.25, 0.3) is 10.9 Å². The van der Waals surface area contributed by atoms with E-state index in [1.54, 1.807) is 43.3 Å². The van der Waals surface area contributed by atoms with Crippen LogP contribution in [-0.2, 0) is 19.4 Å². The van der Waals surface area contributed by atoms with E-state index >= 15 is 0 Å². The molecule has 11 heteroatoms. The molecule has 1 amide bonds. The maximum Gasteiger partial charge on any atom is 0.338 e. The summed E-state index contributed by atoms with van der Waals surface area (Å²) in [5.74, 6) is -0.763. The van der Waals surface area contributed by atoms with Crippen molar-refractivity contribution in [2.24, 2.45) is 0 Å². The number of hydrogen-bond acceptors (Lipinski definition) is 7. The van der Waals surface area contributed by atoms with E-state index in [4.69, 9.17) is 16.3 Å². The number of aromatic nitrogens is 3. The number of fused-ring (bicyclic) bond motifs is 1. The van der Waals surface area contributed by atoms with Gasteiger partial charge >= 0.3 is 5.97 Å². The number of sulfone groups is 1. The summed E-state index contributed by atoms with van der Waals surface area (Å²) in [6.07, 6.45) is 0.434. The molecule has 9 nitrogen and oxygen atoms in total. The van der Waals surface area contributed by atoms with Gasteiger partial charge in [-0.25, -0.2) is 22.9 Å². The number of hydrogen-bond donors (Lipinski definition) is 1. The van der Waals surface area contributed by atoms with Crippen molar-refractivity contribution in [1.82, 2.24) is 14.8 Å². The van der Waals surface area contributed by atoms with E-state index < -0.39 is 28.3 Å². The molecule has 0 spiro atoms. The van der Waals surface area contributed by atoms with E-state index in [-0.39, 0.29) is 23.1 Å². The third-order valence-electron chi connectivity index (χ3n) is 4.90. The number of rotatable bonds is 5. The van der Waals surface area contributed by atoms with Gasteiger partial charge in [0.2, 0.25) is 0 Å². The average Bonchev–Trinajstić information content (AvgIpc) is 3.26. The maximum atomic E-state index is 12.3. The van der Waals surface area contributed by atoms with E-state index in [9.17, 15) is 18.0 Å². The van der Waals surface area contributed by atoms with E-state index in [1.165, 1.54) is 4.68 Å². The van der Waals surface area contributed by atoms with Crippen molar-refractivity contribution in [3.8, 4) is 0 Å². The summed E-state index contributed by atoms with van der Waals surface area (Å²) in [7, 11) is -3.10. The lowest BCUT2D eigenvalue weighted by molar-refractivity contribution is -0.119. The number of halogens is 1. The number of carbonyl (C=O) groups is 2. The Balaban J connectivity index is 1.40. The molecule has 31 heavy (non-hydrogen) atoms. The Morgan fingerprint density at radius 2 is 2.06 bits per heavy atom. The van der Waals surface area contributed by atoms with Gasteiger partial charge < -0.3 is 10.1 Å². The lowest BCUT2D eigenvalue weighted by Crippen LogP contribution is -2.24. The molecule has 1 N–H and O–H groups in total. The summed E-state index contributed by atoms with van der Waals surface area (Å²) in [5, 5.41) is 8.01. The van der Waals surface area contributed by atoms with E-state index in [0.717, 1.165) is 0 Å². The Morgan fingerprint density at radius 1 is 1.26 bits per heavy atom. The van der Waals surface area contributed by atoms with Gasteiger partial charge in [-0.1, -0.05) is 11.6 Å². The number of esters is 1.